The van der Waals surface area contributed by atoms with Gasteiger partial charge in [-0.05, 0) is 36.4 Å². The molecule has 0 saturated heterocycles. The van der Waals surface area contributed by atoms with Gasteiger partial charge in [-0.3, -0.25) is 14.9 Å². The Balaban J connectivity index is 1.74. The van der Waals surface area contributed by atoms with E-state index in [1.807, 2.05) is 10.6 Å². The third-order valence-corrected chi connectivity index (χ3v) is 6.82. The number of fused-ring (bicyclic) bond motifs is 1. The van der Waals surface area contributed by atoms with E-state index in [9.17, 15) is 14.9 Å². The summed E-state index contributed by atoms with van der Waals surface area (Å²) in [6.07, 6.45) is 0.530. The first kappa shape index (κ1) is 24.1. The highest BCUT2D eigenvalue weighted by molar-refractivity contribution is 6.76. The first-order chi connectivity index (χ1) is 15.7. The maximum atomic E-state index is 12.5. The highest BCUT2D eigenvalue weighted by atomic mass is 28.3. The van der Waals surface area contributed by atoms with Crippen LogP contribution in [-0.2, 0) is 22.7 Å². The molecule has 1 aromatic heterocycles. The van der Waals surface area contributed by atoms with E-state index in [0.717, 1.165) is 6.04 Å². The van der Waals surface area contributed by atoms with Gasteiger partial charge in [0.05, 0.1) is 27.6 Å². The molecule has 0 fully saturated rings. The molecule has 1 N–H and O–H groups in total. The smallest absolute Gasteiger partial charge is 0.271 e. The van der Waals surface area contributed by atoms with Crippen molar-refractivity contribution in [3.05, 3.63) is 64.0 Å². The third kappa shape index (κ3) is 6.71. The van der Waals surface area contributed by atoms with Gasteiger partial charge in [0.15, 0.2) is 0 Å². The fourth-order valence-corrected chi connectivity index (χ4v) is 3.98. The van der Waals surface area contributed by atoms with Crippen molar-refractivity contribution in [2.45, 2.75) is 45.3 Å². The molecular formula is C23H27N5O4Si. The van der Waals surface area contributed by atoms with Crippen LogP contribution in [0.4, 0.5) is 11.4 Å². The zero-order valence-corrected chi connectivity index (χ0v) is 20.0. The van der Waals surface area contributed by atoms with Gasteiger partial charge in [0.2, 0.25) is 5.91 Å². The lowest BCUT2D eigenvalue weighted by Gasteiger charge is -2.16. The molecule has 0 atom stereocenters. The predicted octanol–water partition coefficient (Wildman–Crippen LogP) is 4.70. The topological polar surface area (TPSA) is 123 Å². The van der Waals surface area contributed by atoms with Crippen molar-refractivity contribution in [2.24, 2.45) is 0 Å². The Hall–Kier alpha value is -3.55. The van der Waals surface area contributed by atoms with Crippen molar-refractivity contribution in [2.75, 3.05) is 11.9 Å². The van der Waals surface area contributed by atoms with E-state index in [4.69, 9.17) is 10.00 Å². The molecule has 0 unspecified atom stereocenters. The molecule has 0 bridgehead atoms. The number of aromatic nitrogens is 2. The van der Waals surface area contributed by atoms with Crippen LogP contribution in [0.25, 0.3) is 11.0 Å². The molecule has 0 radical (unpaired) electrons. The highest BCUT2D eigenvalue weighted by Crippen LogP contribution is 2.23. The molecule has 0 saturated carbocycles. The van der Waals surface area contributed by atoms with Gasteiger partial charge in [0, 0.05) is 45.3 Å². The van der Waals surface area contributed by atoms with Crippen molar-refractivity contribution in [3.8, 4) is 6.07 Å². The number of non-ortho nitro benzene ring substituents is 1. The van der Waals surface area contributed by atoms with Gasteiger partial charge in [0.1, 0.15) is 12.6 Å². The van der Waals surface area contributed by atoms with Crippen LogP contribution in [0.1, 0.15) is 17.8 Å². The fraction of sp³-hybridized carbons (Fsp3) is 0.348. The molecule has 1 amide bonds. The molecule has 0 aliphatic carbocycles. The van der Waals surface area contributed by atoms with Crippen molar-refractivity contribution in [1.82, 2.24) is 9.55 Å². The van der Waals surface area contributed by atoms with Gasteiger partial charge in [-0.1, -0.05) is 19.6 Å². The van der Waals surface area contributed by atoms with E-state index in [1.165, 1.54) is 12.1 Å². The van der Waals surface area contributed by atoms with Crippen LogP contribution in [0.15, 0.2) is 42.5 Å². The number of benzene rings is 2. The lowest BCUT2D eigenvalue weighted by atomic mass is 10.2. The molecule has 3 rings (SSSR count). The van der Waals surface area contributed by atoms with E-state index in [-0.39, 0.29) is 24.7 Å². The summed E-state index contributed by atoms with van der Waals surface area (Å²) in [5.74, 6) is 0.442. The van der Waals surface area contributed by atoms with Crippen molar-refractivity contribution < 1.29 is 14.5 Å². The average molecular weight is 466 g/mol. The molecular weight excluding hydrogens is 438 g/mol. The molecule has 172 valence electrons. The van der Waals surface area contributed by atoms with Crippen LogP contribution in [-0.4, -0.2) is 35.1 Å². The summed E-state index contributed by atoms with van der Waals surface area (Å²) in [4.78, 5) is 27.9. The number of amides is 1. The van der Waals surface area contributed by atoms with Crippen LogP contribution >= 0.6 is 0 Å². The van der Waals surface area contributed by atoms with E-state index < -0.39 is 13.0 Å². The predicted molar refractivity (Wildman–Crippen MR) is 129 cm³/mol. The highest BCUT2D eigenvalue weighted by Gasteiger charge is 2.17. The lowest BCUT2D eigenvalue weighted by Crippen LogP contribution is -2.22. The quantitative estimate of drug-likeness (QED) is 0.200. The van der Waals surface area contributed by atoms with Crippen molar-refractivity contribution in [3.63, 3.8) is 0 Å². The summed E-state index contributed by atoms with van der Waals surface area (Å²) in [6, 6.07) is 14.2. The normalized spacial score (nSPS) is 11.3. The van der Waals surface area contributed by atoms with Crippen LogP contribution < -0.4 is 5.32 Å². The van der Waals surface area contributed by atoms with E-state index in [2.05, 4.69) is 29.9 Å². The van der Waals surface area contributed by atoms with Gasteiger partial charge in [-0.15, -0.1) is 0 Å². The Labute approximate surface area is 193 Å². The van der Waals surface area contributed by atoms with E-state index in [1.54, 1.807) is 30.3 Å². The second-order valence-corrected chi connectivity index (χ2v) is 14.6. The number of aryl methyl sites for hydroxylation is 1. The molecule has 9 nitrogen and oxygen atoms in total. The summed E-state index contributed by atoms with van der Waals surface area (Å²) in [5.41, 5.74) is 2.34. The third-order valence-electron chi connectivity index (χ3n) is 5.11. The van der Waals surface area contributed by atoms with Crippen LogP contribution in [0.2, 0.25) is 25.7 Å². The minimum atomic E-state index is -1.25. The molecule has 1 heterocycles. The first-order valence-corrected chi connectivity index (χ1v) is 14.4. The summed E-state index contributed by atoms with van der Waals surface area (Å²) in [5, 5.41) is 22.9. The SMILES string of the molecule is C[Si](C)(C)CCOCn1c(CCC(=O)Nc2ccc(C#N)cc2)nc2ccc([N+](=O)[O-])cc21. The fourth-order valence-electron chi connectivity index (χ4n) is 3.22. The Morgan fingerprint density at radius 2 is 1.97 bits per heavy atom. The van der Waals surface area contributed by atoms with Gasteiger partial charge < -0.3 is 14.6 Å². The van der Waals surface area contributed by atoms with Gasteiger partial charge >= 0.3 is 0 Å². The van der Waals surface area contributed by atoms with Gasteiger partial charge in [-0.2, -0.15) is 5.26 Å². The number of hydrogen-bond acceptors (Lipinski definition) is 6. The number of nitriles is 1. The van der Waals surface area contributed by atoms with E-state index >= 15 is 0 Å². The number of anilines is 1. The monoisotopic (exact) mass is 465 g/mol. The maximum Gasteiger partial charge on any atom is 0.271 e. The second-order valence-electron chi connectivity index (χ2n) is 8.97. The summed E-state index contributed by atoms with van der Waals surface area (Å²) >= 11 is 0. The van der Waals surface area contributed by atoms with Crippen LogP contribution in [0.3, 0.4) is 0 Å². The number of nitrogens with one attached hydrogen (secondary N) is 1. The average Bonchev–Trinajstić information content (AvgIpc) is 3.11. The molecule has 0 aliphatic heterocycles. The Bertz CT molecular complexity index is 1190. The van der Waals surface area contributed by atoms with Crippen LogP contribution in [0, 0.1) is 21.4 Å². The summed E-state index contributed by atoms with van der Waals surface area (Å²) in [6.45, 7) is 7.62. The number of hydrogen-bond donors (Lipinski definition) is 1. The number of nitro groups is 1. The minimum Gasteiger partial charge on any atom is -0.361 e. The Morgan fingerprint density at radius 1 is 1.24 bits per heavy atom. The molecule has 2 aromatic carbocycles. The number of nitro benzene ring substituents is 1. The second kappa shape index (κ2) is 10.4. The van der Waals surface area contributed by atoms with Crippen LogP contribution in [0.5, 0.6) is 0 Å². The molecule has 0 spiro atoms. The Morgan fingerprint density at radius 3 is 2.61 bits per heavy atom. The molecule has 3 aromatic rings. The molecule has 33 heavy (non-hydrogen) atoms. The van der Waals surface area contributed by atoms with Gasteiger partial charge in [0.25, 0.3) is 5.69 Å². The summed E-state index contributed by atoms with van der Waals surface area (Å²) < 4.78 is 7.70. The largest absolute Gasteiger partial charge is 0.361 e. The number of ether oxygens (including phenoxy) is 1. The lowest BCUT2D eigenvalue weighted by molar-refractivity contribution is -0.384. The number of carbonyl (C=O) groups excluding carboxylic acids is 1. The Kier molecular flexibility index (Phi) is 7.58. The standard InChI is InChI=1S/C23H27N5O4Si/c1-33(2,3)13-12-32-16-27-21-14-19(28(30)31)8-9-20(21)26-22(27)10-11-23(29)25-18-6-4-17(15-24)5-7-18/h4-9,14H,10-13,16H2,1-3H3,(H,25,29). The zero-order valence-electron chi connectivity index (χ0n) is 19.0. The van der Waals surface area contributed by atoms with Gasteiger partial charge in [-0.25, -0.2) is 4.98 Å². The van der Waals surface area contributed by atoms with Crippen molar-refractivity contribution in [1.29, 1.82) is 5.26 Å². The molecule has 10 heteroatoms. The van der Waals surface area contributed by atoms with E-state index in [0.29, 0.717) is 41.1 Å². The first-order valence-electron chi connectivity index (χ1n) is 10.7. The molecule has 0 aliphatic rings. The maximum absolute atomic E-state index is 12.5. The number of rotatable bonds is 10. The minimum absolute atomic E-state index is 0.0177. The summed E-state index contributed by atoms with van der Waals surface area (Å²) in [7, 11) is -1.25. The number of nitrogens with zero attached hydrogens (tertiary/aromatic N) is 4. The zero-order chi connectivity index (χ0) is 24.0. The van der Waals surface area contributed by atoms with Crippen molar-refractivity contribution >= 4 is 36.4 Å². The number of carbonyl (C=O) groups is 1. The number of imidazole rings is 1.